The van der Waals surface area contributed by atoms with Crippen molar-refractivity contribution in [1.29, 1.82) is 0 Å². The van der Waals surface area contributed by atoms with Gasteiger partial charge >= 0.3 is 0 Å². The first-order chi connectivity index (χ1) is 12.6. The summed E-state index contributed by atoms with van der Waals surface area (Å²) in [5.41, 5.74) is 2.58. The van der Waals surface area contributed by atoms with Crippen LogP contribution in [-0.4, -0.2) is 23.9 Å². The van der Waals surface area contributed by atoms with Crippen LogP contribution in [0, 0.1) is 17.8 Å². The van der Waals surface area contributed by atoms with Crippen molar-refractivity contribution < 1.29 is 14.9 Å². The van der Waals surface area contributed by atoms with E-state index in [9.17, 15) is 10.2 Å². The molecule has 5 atom stereocenters. The lowest BCUT2D eigenvalue weighted by Gasteiger charge is -2.46. The molecule has 1 fully saturated rings. The number of aliphatic hydroxyl groups excluding tert-OH is 1. The van der Waals surface area contributed by atoms with Gasteiger partial charge < -0.3 is 14.9 Å². The quantitative estimate of drug-likeness (QED) is 0.799. The Balaban J connectivity index is 2.04. The van der Waals surface area contributed by atoms with E-state index in [1.807, 2.05) is 12.1 Å². The second-order valence-corrected chi connectivity index (χ2v) is 7.61. The summed E-state index contributed by atoms with van der Waals surface area (Å²) in [7, 11) is 1.69. The van der Waals surface area contributed by atoms with E-state index in [4.69, 9.17) is 4.74 Å². The Hall–Kier alpha value is -2.00. The van der Waals surface area contributed by atoms with Crippen LogP contribution in [0.1, 0.15) is 49.7 Å². The third-order valence-corrected chi connectivity index (χ3v) is 6.40. The van der Waals surface area contributed by atoms with Gasteiger partial charge in [-0.2, -0.15) is 0 Å². The molecule has 140 valence electrons. The molecule has 0 heterocycles. The van der Waals surface area contributed by atoms with Gasteiger partial charge in [0, 0.05) is 6.61 Å². The van der Waals surface area contributed by atoms with Crippen molar-refractivity contribution in [2.45, 2.75) is 38.5 Å². The van der Waals surface area contributed by atoms with Crippen molar-refractivity contribution in [3.8, 4) is 11.5 Å². The summed E-state index contributed by atoms with van der Waals surface area (Å²) in [6.07, 6.45) is 2.06. The van der Waals surface area contributed by atoms with E-state index in [0.717, 1.165) is 18.6 Å². The fourth-order valence-corrected chi connectivity index (χ4v) is 4.90. The monoisotopic (exact) mass is 354 g/mol. The summed E-state index contributed by atoms with van der Waals surface area (Å²) >= 11 is 0. The zero-order chi connectivity index (χ0) is 18.7. The molecular formula is C23H30O3. The lowest BCUT2D eigenvalue weighted by Crippen LogP contribution is -2.38. The van der Waals surface area contributed by atoms with Crippen LogP contribution in [0.15, 0.2) is 48.5 Å². The molecule has 3 heteroatoms. The van der Waals surface area contributed by atoms with Gasteiger partial charge in [-0.05, 0) is 71.4 Å². The topological polar surface area (TPSA) is 49.7 Å². The number of benzene rings is 2. The Kier molecular flexibility index (Phi) is 5.87. The van der Waals surface area contributed by atoms with Gasteiger partial charge in [0.05, 0.1) is 7.11 Å². The molecule has 0 aliphatic heterocycles. The summed E-state index contributed by atoms with van der Waals surface area (Å²) in [4.78, 5) is 0. The molecule has 0 saturated heterocycles. The van der Waals surface area contributed by atoms with Gasteiger partial charge in [0.15, 0.2) is 0 Å². The molecule has 0 spiro atoms. The molecule has 0 bridgehead atoms. The van der Waals surface area contributed by atoms with Gasteiger partial charge in [-0.3, -0.25) is 0 Å². The lowest BCUT2D eigenvalue weighted by atomic mass is 9.58. The molecule has 2 N–H and O–H groups in total. The van der Waals surface area contributed by atoms with Crippen LogP contribution < -0.4 is 4.74 Å². The second kappa shape index (κ2) is 8.13. The Morgan fingerprint density at radius 3 is 2.15 bits per heavy atom. The van der Waals surface area contributed by atoms with E-state index in [2.05, 4.69) is 38.1 Å². The first-order valence-electron chi connectivity index (χ1n) is 9.62. The van der Waals surface area contributed by atoms with E-state index in [1.54, 1.807) is 19.2 Å². The van der Waals surface area contributed by atoms with Gasteiger partial charge in [-0.1, -0.05) is 44.5 Å². The van der Waals surface area contributed by atoms with Crippen LogP contribution >= 0.6 is 0 Å². The molecule has 2 aromatic rings. The zero-order valence-corrected chi connectivity index (χ0v) is 15.9. The second-order valence-electron chi connectivity index (χ2n) is 7.61. The number of phenolic OH excluding ortho intramolecular Hbond substituents is 1. The zero-order valence-electron chi connectivity index (χ0n) is 15.9. The third-order valence-electron chi connectivity index (χ3n) is 6.40. The molecule has 1 aliphatic rings. The van der Waals surface area contributed by atoms with Crippen molar-refractivity contribution in [3.05, 3.63) is 59.7 Å². The molecule has 0 radical (unpaired) electrons. The highest BCUT2D eigenvalue weighted by molar-refractivity contribution is 5.36. The predicted octanol–water partition coefficient (Wildman–Crippen LogP) is 4.94. The van der Waals surface area contributed by atoms with E-state index >= 15 is 0 Å². The van der Waals surface area contributed by atoms with E-state index in [0.29, 0.717) is 35.3 Å². The molecule has 1 aliphatic carbocycles. The molecule has 3 nitrogen and oxygen atoms in total. The maximum absolute atomic E-state index is 9.96. The summed E-state index contributed by atoms with van der Waals surface area (Å²) in [5, 5.41) is 19.7. The molecule has 0 aromatic heterocycles. The SMILES string of the molecule is CCC1C(C)C(CO)CC(c2ccc(OC)cc2)C1c1ccc(O)cc1. The van der Waals surface area contributed by atoms with Gasteiger partial charge in [0.2, 0.25) is 0 Å². The number of hydrogen-bond donors (Lipinski definition) is 2. The van der Waals surface area contributed by atoms with Crippen molar-refractivity contribution >= 4 is 0 Å². The maximum atomic E-state index is 9.96. The highest BCUT2D eigenvalue weighted by atomic mass is 16.5. The van der Waals surface area contributed by atoms with Gasteiger partial charge in [-0.25, -0.2) is 0 Å². The first-order valence-corrected chi connectivity index (χ1v) is 9.62. The highest BCUT2D eigenvalue weighted by Gasteiger charge is 2.42. The Morgan fingerprint density at radius 1 is 1.00 bits per heavy atom. The minimum atomic E-state index is 0.243. The van der Waals surface area contributed by atoms with Crippen LogP contribution in [0.25, 0.3) is 0 Å². The number of rotatable bonds is 5. The summed E-state index contributed by atoms with van der Waals surface area (Å²) < 4.78 is 5.32. The summed E-state index contributed by atoms with van der Waals surface area (Å²) in [6.45, 7) is 4.78. The average Bonchev–Trinajstić information content (AvgIpc) is 2.68. The van der Waals surface area contributed by atoms with Crippen molar-refractivity contribution in [2.24, 2.45) is 17.8 Å². The smallest absolute Gasteiger partial charge is 0.118 e. The minimum absolute atomic E-state index is 0.243. The Morgan fingerprint density at radius 2 is 1.62 bits per heavy atom. The Labute approximate surface area is 156 Å². The summed E-state index contributed by atoms with van der Waals surface area (Å²) in [6, 6.07) is 16.1. The van der Waals surface area contributed by atoms with Crippen LogP contribution in [0.4, 0.5) is 0 Å². The molecule has 2 aromatic carbocycles. The molecule has 0 amide bonds. The van der Waals surface area contributed by atoms with Crippen LogP contribution in [0.2, 0.25) is 0 Å². The van der Waals surface area contributed by atoms with Crippen molar-refractivity contribution in [2.75, 3.05) is 13.7 Å². The van der Waals surface area contributed by atoms with E-state index < -0.39 is 0 Å². The normalized spacial score (nSPS) is 28.7. The average molecular weight is 354 g/mol. The fourth-order valence-electron chi connectivity index (χ4n) is 4.90. The number of ether oxygens (including phenoxy) is 1. The van der Waals surface area contributed by atoms with Crippen LogP contribution in [-0.2, 0) is 0 Å². The van der Waals surface area contributed by atoms with E-state index in [1.165, 1.54) is 11.1 Å². The number of phenols is 1. The first kappa shape index (κ1) is 18.8. The van der Waals surface area contributed by atoms with Gasteiger partial charge in [0.1, 0.15) is 11.5 Å². The Bertz CT molecular complexity index is 692. The van der Waals surface area contributed by atoms with Gasteiger partial charge in [-0.15, -0.1) is 0 Å². The number of hydrogen-bond acceptors (Lipinski definition) is 3. The number of aliphatic hydroxyl groups is 1. The number of aromatic hydroxyl groups is 1. The predicted molar refractivity (Wildman–Crippen MR) is 105 cm³/mol. The lowest BCUT2D eigenvalue weighted by molar-refractivity contribution is 0.0692. The van der Waals surface area contributed by atoms with Gasteiger partial charge in [0.25, 0.3) is 0 Å². The van der Waals surface area contributed by atoms with Crippen LogP contribution in [0.5, 0.6) is 11.5 Å². The standard InChI is InChI=1S/C23H30O3/c1-4-21-15(2)18(14-24)13-22(16-7-11-20(26-3)12-8-16)23(21)17-5-9-19(25)10-6-17/h5-12,15,18,21-25H,4,13-14H2,1-3H3. The third kappa shape index (κ3) is 3.59. The van der Waals surface area contributed by atoms with Crippen molar-refractivity contribution in [3.63, 3.8) is 0 Å². The molecule has 26 heavy (non-hydrogen) atoms. The summed E-state index contributed by atoms with van der Waals surface area (Å²) in [5.74, 6) is 3.19. The van der Waals surface area contributed by atoms with Crippen molar-refractivity contribution in [1.82, 2.24) is 0 Å². The molecule has 1 saturated carbocycles. The fraction of sp³-hybridized carbons (Fsp3) is 0.478. The molecule has 5 unspecified atom stereocenters. The highest BCUT2D eigenvalue weighted by Crippen LogP contribution is 2.53. The number of methoxy groups -OCH3 is 1. The van der Waals surface area contributed by atoms with E-state index in [-0.39, 0.29) is 6.61 Å². The van der Waals surface area contributed by atoms with Crippen LogP contribution in [0.3, 0.4) is 0 Å². The molecular weight excluding hydrogens is 324 g/mol. The largest absolute Gasteiger partial charge is 0.508 e. The minimum Gasteiger partial charge on any atom is -0.508 e. The maximum Gasteiger partial charge on any atom is 0.118 e. The molecule has 3 rings (SSSR count).